The Balaban J connectivity index is 2.23. The lowest BCUT2D eigenvalue weighted by atomic mass is 10.1. The van der Waals surface area contributed by atoms with Gasteiger partial charge in [0, 0.05) is 19.0 Å². The van der Waals surface area contributed by atoms with Crippen molar-refractivity contribution in [2.24, 2.45) is 5.92 Å². The van der Waals surface area contributed by atoms with E-state index in [0.717, 1.165) is 5.69 Å². The highest BCUT2D eigenvalue weighted by atomic mass is 16.5. The van der Waals surface area contributed by atoms with Crippen LogP contribution >= 0.6 is 0 Å². The largest absolute Gasteiger partial charge is 0.492 e. The summed E-state index contributed by atoms with van der Waals surface area (Å²) in [6.45, 7) is 9.01. The standard InChI is InChI=1S/C17H24N2O3/c1-5-22-15-9-7-6-8-14(15)19-11-10-18(13(4)17(19)21)16(20)12(2)3/h6-9,12-13H,5,10-11H2,1-4H3. The molecule has 5 nitrogen and oxygen atoms in total. The fraction of sp³-hybridized carbons (Fsp3) is 0.529. The quantitative estimate of drug-likeness (QED) is 0.857. The van der Waals surface area contributed by atoms with Crippen molar-refractivity contribution in [2.45, 2.75) is 33.7 Å². The van der Waals surface area contributed by atoms with Gasteiger partial charge in [0.25, 0.3) is 0 Å². The molecule has 0 bridgehead atoms. The highest BCUT2D eigenvalue weighted by Crippen LogP contribution is 2.30. The van der Waals surface area contributed by atoms with Gasteiger partial charge in [0.15, 0.2) is 0 Å². The van der Waals surface area contributed by atoms with E-state index in [-0.39, 0.29) is 17.7 Å². The molecule has 1 aromatic rings. The second kappa shape index (κ2) is 6.81. The van der Waals surface area contributed by atoms with Gasteiger partial charge in [-0.2, -0.15) is 0 Å². The van der Waals surface area contributed by atoms with Crippen molar-refractivity contribution in [1.29, 1.82) is 0 Å². The van der Waals surface area contributed by atoms with E-state index in [2.05, 4.69) is 0 Å². The minimum absolute atomic E-state index is 0.0265. The molecular weight excluding hydrogens is 280 g/mol. The van der Waals surface area contributed by atoms with E-state index in [1.165, 1.54) is 0 Å². The number of amides is 2. The molecule has 0 radical (unpaired) electrons. The molecule has 1 aromatic carbocycles. The van der Waals surface area contributed by atoms with Crippen molar-refractivity contribution in [3.63, 3.8) is 0 Å². The highest BCUT2D eigenvalue weighted by molar-refractivity contribution is 6.01. The van der Waals surface area contributed by atoms with Gasteiger partial charge in [0.2, 0.25) is 11.8 Å². The summed E-state index contributed by atoms with van der Waals surface area (Å²) < 4.78 is 5.61. The molecule has 1 atom stereocenters. The minimum atomic E-state index is -0.446. The topological polar surface area (TPSA) is 49.9 Å². The summed E-state index contributed by atoms with van der Waals surface area (Å²) in [6.07, 6.45) is 0. The third-order valence-electron chi connectivity index (χ3n) is 3.89. The molecule has 22 heavy (non-hydrogen) atoms. The number of anilines is 1. The molecule has 0 aliphatic carbocycles. The lowest BCUT2D eigenvalue weighted by Gasteiger charge is -2.40. The first-order valence-corrected chi connectivity index (χ1v) is 7.81. The number of hydrogen-bond acceptors (Lipinski definition) is 3. The summed E-state index contributed by atoms with van der Waals surface area (Å²) in [6, 6.07) is 7.08. The van der Waals surface area contributed by atoms with Crippen LogP contribution < -0.4 is 9.64 Å². The Kier molecular flexibility index (Phi) is 5.06. The van der Waals surface area contributed by atoms with Crippen LogP contribution in [0.3, 0.4) is 0 Å². The molecule has 1 saturated heterocycles. The van der Waals surface area contributed by atoms with Crippen LogP contribution in [0, 0.1) is 5.92 Å². The third kappa shape index (κ3) is 3.08. The molecular formula is C17H24N2O3. The van der Waals surface area contributed by atoms with Crippen LogP contribution in [-0.4, -0.2) is 42.5 Å². The van der Waals surface area contributed by atoms with E-state index >= 15 is 0 Å². The molecule has 1 aliphatic rings. The van der Waals surface area contributed by atoms with Crippen LogP contribution in [0.5, 0.6) is 5.75 Å². The van der Waals surface area contributed by atoms with Crippen molar-refractivity contribution < 1.29 is 14.3 Å². The number of benzene rings is 1. The van der Waals surface area contributed by atoms with Crippen LogP contribution in [0.25, 0.3) is 0 Å². The number of nitrogens with zero attached hydrogens (tertiary/aromatic N) is 2. The molecule has 0 aromatic heterocycles. The van der Waals surface area contributed by atoms with E-state index in [0.29, 0.717) is 25.4 Å². The maximum atomic E-state index is 12.7. The molecule has 0 N–H and O–H groups in total. The predicted octanol–water partition coefficient (Wildman–Crippen LogP) is 2.31. The maximum absolute atomic E-state index is 12.7. The van der Waals surface area contributed by atoms with Gasteiger partial charge in [-0.1, -0.05) is 26.0 Å². The first-order valence-electron chi connectivity index (χ1n) is 7.81. The smallest absolute Gasteiger partial charge is 0.249 e. The minimum Gasteiger partial charge on any atom is -0.492 e. The Bertz CT molecular complexity index is 557. The molecule has 2 amide bonds. The monoisotopic (exact) mass is 304 g/mol. The number of carbonyl (C=O) groups excluding carboxylic acids is 2. The first kappa shape index (κ1) is 16.3. The van der Waals surface area contributed by atoms with Gasteiger partial charge in [-0.25, -0.2) is 0 Å². The van der Waals surface area contributed by atoms with Crippen molar-refractivity contribution in [2.75, 3.05) is 24.6 Å². The van der Waals surface area contributed by atoms with Crippen LogP contribution in [0.4, 0.5) is 5.69 Å². The molecule has 1 unspecified atom stereocenters. The molecule has 0 spiro atoms. The van der Waals surface area contributed by atoms with Gasteiger partial charge in [-0.05, 0) is 26.0 Å². The predicted molar refractivity (Wildman–Crippen MR) is 86.0 cm³/mol. The molecule has 1 aliphatic heterocycles. The van der Waals surface area contributed by atoms with Crippen molar-refractivity contribution in [3.8, 4) is 5.75 Å². The Morgan fingerprint density at radius 1 is 1.32 bits per heavy atom. The summed E-state index contributed by atoms with van der Waals surface area (Å²) in [5.74, 6) is 0.567. The Hall–Kier alpha value is -2.04. The van der Waals surface area contributed by atoms with E-state index in [1.807, 2.05) is 45.0 Å². The third-order valence-corrected chi connectivity index (χ3v) is 3.89. The SMILES string of the molecule is CCOc1ccccc1N1CCN(C(=O)C(C)C)C(C)C1=O. The second-order valence-electron chi connectivity index (χ2n) is 5.75. The summed E-state index contributed by atoms with van der Waals surface area (Å²) in [7, 11) is 0. The summed E-state index contributed by atoms with van der Waals surface area (Å²) >= 11 is 0. The zero-order valence-electron chi connectivity index (χ0n) is 13.7. The van der Waals surface area contributed by atoms with Gasteiger partial charge in [0.05, 0.1) is 12.3 Å². The zero-order valence-corrected chi connectivity index (χ0v) is 13.7. The first-order chi connectivity index (χ1) is 10.5. The fourth-order valence-electron chi connectivity index (χ4n) is 2.70. The fourth-order valence-corrected chi connectivity index (χ4v) is 2.70. The average Bonchev–Trinajstić information content (AvgIpc) is 2.50. The number of hydrogen-bond donors (Lipinski definition) is 0. The summed E-state index contributed by atoms with van der Waals surface area (Å²) in [5, 5.41) is 0. The maximum Gasteiger partial charge on any atom is 0.249 e. The molecule has 1 heterocycles. The van der Waals surface area contributed by atoms with Gasteiger partial charge in [-0.3, -0.25) is 9.59 Å². The molecule has 5 heteroatoms. The van der Waals surface area contributed by atoms with E-state index < -0.39 is 6.04 Å². The number of carbonyl (C=O) groups is 2. The molecule has 0 saturated carbocycles. The lowest BCUT2D eigenvalue weighted by Crippen LogP contribution is -2.58. The molecule has 120 valence electrons. The van der Waals surface area contributed by atoms with E-state index in [9.17, 15) is 9.59 Å². The van der Waals surface area contributed by atoms with Crippen molar-refractivity contribution in [1.82, 2.24) is 4.90 Å². The molecule has 1 fully saturated rings. The lowest BCUT2D eigenvalue weighted by molar-refractivity contribution is -0.143. The Morgan fingerprint density at radius 2 is 2.00 bits per heavy atom. The second-order valence-corrected chi connectivity index (χ2v) is 5.75. The van der Waals surface area contributed by atoms with Crippen molar-refractivity contribution >= 4 is 17.5 Å². The van der Waals surface area contributed by atoms with Crippen molar-refractivity contribution in [3.05, 3.63) is 24.3 Å². The van der Waals surface area contributed by atoms with Gasteiger partial charge in [-0.15, -0.1) is 0 Å². The van der Waals surface area contributed by atoms with Gasteiger partial charge in [0.1, 0.15) is 11.8 Å². The number of ether oxygens (including phenoxy) is 1. The number of piperazine rings is 1. The number of rotatable bonds is 4. The Labute approximate surface area is 131 Å². The van der Waals surface area contributed by atoms with Crippen LogP contribution in [0.15, 0.2) is 24.3 Å². The average molecular weight is 304 g/mol. The van der Waals surface area contributed by atoms with E-state index in [1.54, 1.807) is 16.7 Å². The highest BCUT2D eigenvalue weighted by Gasteiger charge is 2.36. The van der Waals surface area contributed by atoms with Crippen LogP contribution in [-0.2, 0) is 9.59 Å². The summed E-state index contributed by atoms with van der Waals surface area (Å²) in [5.41, 5.74) is 0.776. The molecule has 2 rings (SSSR count). The normalized spacial score (nSPS) is 18.8. The van der Waals surface area contributed by atoms with Gasteiger partial charge >= 0.3 is 0 Å². The number of para-hydroxylation sites is 2. The zero-order chi connectivity index (χ0) is 16.3. The Morgan fingerprint density at radius 3 is 2.64 bits per heavy atom. The van der Waals surface area contributed by atoms with E-state index in [4.69, 9.17) is 4.74 Å². The summed E-state index contributed by atoms with van der Waals surface area (Å²) in [4.78, 5) is 28.3. The van der Waals surface area contributed by atoms with Gasteiger partial charge < -0.3 is 14.5 Å². The van der Waals surface area contributed by atoms with Crippen LogP contribution in [0.2, 0.25) is 0 Å². The van der Waals surface area contributed by atoms with Crippen LogP contribution in [0.1, 0.15) is 27.7 Å².